The first-order chi connectivity index (χ1) is 17.1. The zero-order valence-corrected chi connectivity index (χ0v) is 22.0. The van der Waals surface area contributed by atoms with Gasteiger partial charge < -0.3 is 19.5 Å². The third-order valence-electron chi connectivity index (χ3n) is 5.44. The summed E-state index contributed by atoms with van der Waals surface area (Å²) >= 11 is 0. The Morgan fingerprint density at radius 1 is 0.833 bits per heavy atom. The minimum absolute atomic E-state index is 0.0776. The highest BCUT2D eigenvalue weighted by Crippen LogP contribution is 2.33. The topological polar surface area (TPSA) is 94.2 Å². The Balaban J connectivity index is 1.78. The van der Waals surface area contributed by atoms with Crippen molar-refractivity contribution >= 4 is 21.6 Å². The van der Waals surface area contributed by atoms with Crippen molar-refractivity contribution in [2.24, 2.45) is 0 Å². The number of carbonyl (C=O) groups excluding carboxylic acids is 1. The van der Waals surface area contributed by atoms with Crippen LogP contribution in [-0.2, 0) is 14.8 Å². The number of rotatable bonds is 11. The summed E-state index contributed by atoms with van der Waals surface area (Å²) in [5.41, 5.74) is 3.37. The van der Waals surface area contributed by atoms with Crippen LogP contribution in [0.25, 0.3) is 0 Å². The Kier molecular flexibility index (Phi) is 8.82. The summed E-state index contributed by atoms with van der Waals surface area (Å²) < 4.78 is 44.5. The van der Waals surface area contributed by atoms with Gasteiger partial charge in [0.1, 0.15) is 18.9 Å². The molecular weight excluding hydrogens is 480 g/mol. The molecule has 0 aliphatic rings. The Morgan fingerprint density at radius 3 is 2.08 bits per heavy atom. The van der Waals surface area contributed by atoms with E-state index < -0.39 is 22.5 Å². The predicted octanol–water partition coefficient (Wildman–Crippen LogP) is 4.02. The number of benzene rings is 3. The lowest BCUT2D eigenvalue weighted by molar-refractivity contribution is -0.119. The molecule has 0 heterocycles. The van der Waals surface area contributed by atoms with Crippen LogP contribution in [0.2, 0.25) is 0 Å². The molecular formula is C27H32N2O6S. The Labute approximate surface area is 212 Å². The van der Waals surface area contributed by atoms with E-state index in [9.17, 15) is 13.2 Å². The van der Waals surface area contributed by atoms with E-state index in [0.717, 1.165) is 26.7 Å². The molecule has 0 aromatic heterocycles. The summed E-state index contributed by atoms with van der Waals surface area (Å²) in [5, 5.41) is 2.74. The van der Waals surface area contributed by atoms with E-state index in [1.54, 1.807) is 24.3 Å². The third-order valence-corrected chi connectivity index (χ3v) is 7.23. The number of ether oxygens (including phenoxy) is 3. The molecule has 0 radical (unpaired) electrons. The minimum atomic E-state index is -4.05. The molecule has 8 nitrogen and oxygen atoms in total. The summed E-state index contributed by atoms with van der Waals surface area (Å²) in [6.07, 6.45) is 0. The molecule has 3 rings (SSSR count). The zero-order chi connectivity index (χ0) is 26.3. The highest BCUT2D eigenvalue weighted by molar-refractivity contribution is 7.92. The number of hydrogen-bond acceptors (Lipinski definition) is 6. The van der Waals surface area contributed by atoms with Crippen molar-refractivity contribution < 1.29 is 27.4 Å². The molecule has 192 valence electrons. The first kappa shape index (κ1) is 26.9. The highest BCUT2D eigenvalue weighted by atomic mass is 32.2. The lowest BCUT2D eigenvalue weighted by Crippen LogP contribution is -2.42. The van der Waals surface area contributed by atoms with Crippen LogP contribution in [0.5, 0.6) is 17.2 Å². The first-order valence-corrected chi connectivity index (χ1v) is 12.9. The number of aryl methyl sites for hydroxylation is 3. The van der Waals surface area contributed by atoms with Crippen molar-refractivity contribution in [2.45, 2.75) is 25.7 Å². The van der Waals surface area contributed by atoms with Crippen LogP contribution in [0.1, 0.15) is 16.7 Å². The fraction of sp³-hybridized carbons (Fsp3) is 0.296. The van der Waals surface area contributed by atoms with Gasteiger partial charge in [-0.3, -0.25) is 9.10 Å². The van der Waals surface area contributed by atoms with Gasteiger partial charge in [0.2, 0.25) is 5.91 Å². The zero-order valence-electron chi connectivity index (χ0n) is 21.2. The van der Waals surface area contributed by atoms with Crippen molar-refractivity contribution in [2.75, 3.05) is 38.2 Å². The average molecular weight is 513 g/mol. The molecule has 1 amide bonds. The summed E-state index contributed by atoms with van der Waals surface area (Å²) in [7, 11) is -1.10. The molecule has 0 fully saturated rings. The monoisotopic (exact) mass is 512 g/mol. The summed E-state index contributed by atoms with van der Waals surface area (Å²) in [4.78, 5) is 12.9. The number of nitrogens with one attached hydrogen (secondary N) is 1. The molecule has 3 aromatic rings. The predicted molar refractivity (Wildman–Crippen MR) is 140 cm³/mol. The van der Waals surface area contributed by atoms with E-state index in [-0.39, 0.29) is 23.7 Å². The molecule has 1 N–H and O–H groups in total. The van der Waals surface area contributed by atoms with Crippen molar-refractivity contribution in [1.29, 1.82) is 0 Å². The molecule has 0 aliphatic carbocycles. The van der Waals surface area contributed by atoms with Gasteiger partial charge in [-0.1, -0.05) is 23.8 Å². The number of carbonyl (C=O) groups is 1. The molecule has 0 atom stereocenters. The lowest BCUT2D eigenvalue weighted by atomic mass is 10.1. The van der Waals surface area contributed by atoms with Gasteiger partial charge in [0.15, 0.2) is 11.5 Å². The normalized spacial score (nSPS) is 11.0. The number of amides is 1. The number of methoxy groups -OCH3 is 2. The number of sulfonamides is 1. The minimum Gasteiger partial charge on any atom is -0.493 e. The quantitative estimate of drug-likeness (QED) is 0.390. The molecule has 3 aromatic carbocycles. The Morgan fingerprint density at radius 2 is 1.47 bits per heavy atom. The van der Waals surface area contributed by atoms with Crippen LogP contribution in [0.4, 0.5) is 5.69 Å². The highest BCUT2D eigenvalue weighted by Gasteiger charge is 2.28. The fourth-order valence-corrected chi connectivity index (χ4v) is 5.11. The van der Waals surface area contributed by atoms with E-state index in [1.807, 2.05) is 39.0 Å². The summed E-state index contributed by atoms with van der Waals surface area (Å²) in [5.74, 6) is 1.04. The maximum Gasteiger partial charge on any atom is 0.264 e. The number of nitrogens with zero attached hydrogens (tertiary/aromatic N) is 1. The number of anilines is 1. The summed E-state index contributed by atoms with van der Waals surface area (Å²) in [6.45, 7) is 5.88. The maximum atomic E-state index is 13.6. The molecule has 9 heteroatoms. The second-order valence-corrected chi connectivity index (χ2v) is 10.2. The molecule has 0 bridgehead atoms. The second kappa shape index (κ2) is 11.8. The molecule has 0 unspecified atom stereocenters. The van der Waals surface area contributed by atoms with Gasteiger partial charge in [-0.25, -0.2) is 8.42 Å². The van der Waals surface area contributed by atoms with Crippen molar-refractivity contribution in [3.8, 4) is 17.2 Å². The fourth-order valence-electron chi connectivity index (χ4n) is 3.69. The van der Waals surface area contributed by atoms with Crippen LogP contribution >= 0.6 is 0 Å². The molecule has 0 saturated carbocycles. The van der Waals surface area contributed by atoms with Crippen molar-refractivity contribution in [3.63, 3.8) is 0 Å². The van der Waals surface area contributed by atoms with Gasteiger partial charge in [0.05, 0.1) is 31.3 Å². The van der Waals surface area contributed by atoms with Crippen LogP contribution in [0.3, 0.4) is 0 Å². The molecule has 36 heavy (non-hydrogen) atoms. The molecule has 0 spiro atoms. The van der Waals surface area contributed by atoms with Gasteiger partial charge in [0, 0.05) is 6.07 Å². The maximum absolute atomic E-state index is 13.6. The van der Waals surface area contributed by atoms with E-state index in [4.69, 9.17) is 14.2 Å². The third kappa shape index (κ3) is 6.69. The molecule has 0 saturated heterocycles. The van der Waals surface area contributed by atoms with Gasteiger partial charge in [-0.2, -0.15) is 0 Å². The smallest absolute Gasteiger partial charge is 0.264 e. The van der Waals surface area contributed by atoms with Crippen molar-refractivity contribution in [1.82, 2.24) is 5.32 Å². The van der Waals surface area contributed by atoms with E-state index in [2.05, 4.69) is 5.32 Å². The first-order valence-electron chi connectivity index (χ1n) is 11.4. The van der Waals surface area contributed by atoms with Crippen LogP contribution in [0, 0.1) is 20.8 Å². The van der Waals surface area contributed by atoms with Crippen molar-refractivity contribution in [3.05, 3.63) is 77.4 Å². The van der Waals surface area contributed by atoms with E-state index in [0.29, 0.717) is 11.5 Å². The van der Waals surface area contributed by atoms with Crippen LogP contribution in [-0.4, -0.2) is 48.2 Å². The second-order valence-electron chi connectivity index (χ2n) is 8.39. The van der Waals surface area contributed by atoms with E-state index >= 15 is 0 Å². The van der Waals surface area contributed by atoms with E-state index in [1.165, 1.54) is 32.4 Å². The van der Waals surface area contributed by atoms with Crippen LogP contribution < -0.4 is 23.8 Å². The lowest BCUT2D eigenvalue weighted by Gasteiger charge is -2.25. The Hall–Kier alpha value is -3.72. The SMILES string of the molecule is COc1ccc(N(CC(=O)NCCOc2cc(C)cc(C)c2)S(=O)(=O)c2ccc(C)cc2)cc1OC. The van der Waals surface area contributed by atoms with Gasteiger partial charge in [-0.15, -0.1) is 0 Å². The largest absolute Gasteiger partial charge is 0.493 e. The average Bonchev–Trinajstić information content (AvgIpc) is 2.84. The molecule has 0 aliphatic heterocycles. The van der Waals surface area contributed by atoms with Gasteiger partial charge >= 0.3 is 0 Å². The summed E-state index contributed by atoms with van der Waals surface area (Å²) in [6, 6.07) is 17.1. The van der Waals surface area contributed by atoms with Gasteiger partial charge in [0.25, 0.3) is 10.0 Å². The van der Waals surface area contributed by atoms with Crippen LogP contribution in [0.15, 0.2) is 65.6 Å². The Bertz CT molecular complexity index is 1290. The van der Waals surface area contributed by atoms with Gasteiger partial charge in [-0.05, 0) is 68.3 Å². The number of hydrogen-bond donors (Lipinski definition) is 1. The standard InChI is InChI=1S/C27H32N2O6S/c1-19-6-9-24(10-7-19)36(31,32)29(22-8-11-25(33-4)26(17-22)34-5)18-27(30)28-12-13-35-23-15-20(2)14-21(3)16-23/h6-11,14-17H,12-13,18H2,1-5H3,(H,28,30).